The van der Waals surface area contributed by atoms with Gasteiger partial charge in [-0.1, -0.05) is 32.5 Å². The molecule has 9 heteroatoms. The molecular formula is C21H23N5O2S2. The number of amides is 1. The molecule has 1 aliphatic rings. The van der Waals surface area contributed by atoms with Gasteiger partial charge in [-0.15, -0.1) is 16.4 Å². The fourth-order valence-corrected chi connectivity index (χ4v) is 5.55. The van der Waals surface area contributed by atoms with Crippen LogP contribution in [0.25, 0.3) is 11.6 Å². The summed E-state index contributed by atoms with van der Waals surface area (Å²) >= 11 is 2.78. The smallest absolute Gasteiger partial charge is 0.235 e. The first-order valence-corrected chi connectivity index (χ1v) is 11.6. The summed E-state index contributed by atoms with van der Waals surface area (Å²) in [6.45, 7) is 6.80. The van der Waals surface area contributed by atoms with Gasteiger partial charge in [0.25, 0.3) is 0 Å². The number of nitriles is 1. The minimum absolute atomic E-state index is 0.160. The predicted octanol–water partition coefficient (Wildman–Crippen LogP) is 4.88. The van der Waals surface area contributed by atoms with Gasteiger partial charge >= 0.3 is 0 Å². The molecule has 0 aliphatic heterocycles. The molecule has 3 aromatic heterocycles. The summed E-state index contributed by atoms with van der Waals surface area (Å²) in [4.78, 5) is 18.1. The topological polar surface area (TPSA) is 108 Å². The van der Waals surface area contributed by atoms with E-state index in [1.807, 2.05) is 0 Å². The number of fused-ring (bicyclic) bond motifs is 1. The highest BCUT2D eigenvalue weighted by molar-refractivity contribution is 7.99. The van der Waals surface area contributed by atoms with E-state index in [9.17, 15) is 10.1 Å². The van der Waals surface area contributed by atoms with Crippen molar-refractivity contribution in [2.75, 3.05) is 11.1 Å². The highest BCUT2D eigenvalue weighted by Gasteiger charge is 2.32. The standard InChI is InChI=1S/C21H23N5O2S2/c1-21(2,3)12-6-7-13-14(10-22)19(30-16(13)9-12)23-17(27)11-29-20-24-18(25-26-20)15-5-4-8-28-15/h4-5,8,12H,6-7,9,11H2,1-3H3,(H,23,27)(H,24,25,26). The molecule has 0 spiro atoms. The molecule has 156 valence electrons. The number of H-pyrrole nitrogens is 1. The molecule has 0 fully saturated rings. The van der Waals surface area contributed by atoms with E-state index in [1.54, 1.807) is 29.7 Å². The molecule has 7 nitrogen and oxygen atoms in total. The molecule has 2 N–H and O–H groups in total. The maximum Gasteiger partial charge on any atom is 0.235 e. The zero-order chi connectivity index (χ0) is 21.3. The maximum atomic E-state index is 12.5. The number of nitrogens with one attached hydrogen (secondary N) is 2. The number of thiophene rings is 1. The van der Waals surface area contributed by atoms with Crippen molar-refractivity contribution in [1.29, 1.82) is 5.26 Å². The number of hydrogen-bond donors (Lipinski definition) is 2. The molecule has 1 atom stereocenters. The second-order valence-corrected chi connectivity index (χ2v) is 10.5. The van der Waals surface area contributed by atoms with Gasteiger partial charge in [-0.25, -0.2) is 0 Å². The fourth-order valence-electron chi connectivity index (χ4n) is 3.66. The van der Waals surface area contributed by atoms with Crippen LogP contribution in [0.15, 0.2) is 28.0 Å². The highest BCUT2D eigenvalue weighted by Crippen LogP contribution is 2.44. The summed E-state index contributed by atoms with van der Waals surface area (Å²) < 4.78 is 5.28. The van der Waals surface area contributed by atoms with Gasteiger partial charge in [0.2, 0.25) is 11.1 Å². The van der Waals surface area contributed by atoms with Crippen LogP contribution in [0.1, 0.15) is 43.2 Å². The maximum absolute atomic E-state index is 12.5. The Kier molecular flexibility index (Phi) is 5.71. The molecule has 3 heterocycles. The van der Waals surface area contributed by atoms with E-state index in [1.165, 1.54) is 16.6 Å². The molecule has 0 radical (unpaired) electrons. The Hall–Kier alpha value is -2.57. The number of thioether (sulfide) groups is 1. The fraction of sp³-hybridized carbons (Fsp3) is 0.429. The SMILES string of the molecule is CC(C)(C)C1CCc2c(sc(NC(=O)CSc3n[nH]c(-c4ccco4)n3)c2C#N)C1. The van der Waals surface area contributed by atoms with Crippen molar-refractivity contribution >= 4 is 34.0 Å². The predicted molar refractivity (Wildman–Crippen MR) is 117 cm³/mol. The first-order valence-electron chi connectivity index (χ1n) is 9.78. The molecule has 0 aromatic carbocycles. The van der Waals surface area contributed by atoms with Crippen LogP contribution >= 0.6 is 23.1 Å². The van der Waals surface area contributed by atoms with Gasteiger partial charge in [-0.05, 0) is 48.3 Å². The summed E-state index contributed by atoms with van der Waals surface area (Å²) in [5.41, 5.74) is 1.97. The molecule has 4 rings (SSSR count). The number of aromatic nitrogens is 3. The molecule has 3 aromatic rings. The third-order valence-corrected chi connectivity index (χ3v) is 7.42. The second-order valence-electron chi connectivity index (χ2n) is 8.41. The Labute approximate surface area is 183 Å². The van der Waals surface area contributed by atoms with Crippen LogP contribution in [0.5, 0.6) is 0 Å². The lowest BCUT2D eigenvalue weighted by Crippen LogP contribution is -2.26. The lowest BCUT2D eigenvalue weighted by molar-refractivity contribution is -0.113. The lowest BCUT2D eigenvalue weighted by Gasteiger charge is -2.33. The van der Waals surface area contributed by atoms with Gasteiger partial charge in [0, 0.05) is 4.88 Å². The molecule has 1 amide bonds. The van der Waals surface area contributed by atoms with Crippen molar-refractivity contribution in [3.05, 3.63) is 34.4 Å². The second kappa shape index (κ2) is 8.28. The normalized spacial score (nSPS) is 16.1. The zero-order valence-electron chi connectivity index (χ0n) is 17.1. The van der Waals surface area contributed by atoms with Crippen molar-refractivity contribution < 1.29 is 9.21 Å². The van der Waals surface area contributed by atoms with E-state index in [4.69, 9.17) is 4.42 Å². The van der Waals surface area contributed by atoms with Gasteiger partial charge in [0.05, 0.1) is 17.6 Å². The van der Waals surface area contributed by atoms with E-state index < -0.39 is 0 Å². The van der Waals surface area contributed by atoms with Crippen LogP contribution in [0.2, 0.25) is 0 Å². The van der Waals surface area contributed by atoms with Gasteiger partial charge < -0.3 is 9.73 Å². The van der Waals surface area contributed by atoms with Crippen molar-refractivity contribution in [2.45, 2.75) is 45.2 Å². The minimum atomic E-state index is -0.174. The Balaban J connectivity index is 1.40. The van der Waals surface area contributed by atoms with Crippen LogP contribution < -0.4 is 5.32 Å². The number of furan rings is 1. The third kappa shape index (κ3) is 4.30. The molecule has 1 unspecified atom stereocenters. The largest absolute Gasteiger partial charge is 0.461 e. The Bertz CT molecular complexity index is 1090. The summed E-state index contributed by atoms with van der Waals surface area (Å²) in [6, 6.07) is 5.86. The average molecular weight is 442 g/mol. The molecule has 0 saturated heterocycles. The van der Waals surface area contributed by atoms with E-state index in [0.717, 1.165) is 24.8 Å². The summed E-state index contributed by atoms with van der Waals surface area (Å²) in [7, 11) is 0. The van der Waals surface area contributed by atoms with Crippen LogP contribution in [-0.4, -0.2) is 26.8 Å². The number of aromatic amines is 1. The van der Waals surface area contributed by atoms with Crippen LogP contribution in [0.4, 0.5) is 5.00 Å². The van der Waals surface area contributed by atoms with E-state index in [-0.39, 0.29) is 17.1 Å². The summed E-state index contributed by atoms with van der Waals surface area (Å²) in [5.74, 6) is 1.69. The van der Waals surface area contributed by atoms with Gasteiger partial charge in [0.15, 0.2) is 11.6 Å². The van der Waals surface area contributed by atoms with Gasteiger partial charge in [0.1, 0.15) is 11.1 Å². The number of anilines is 1. The molecule has 0 saturated carbocycles. The van der Waals surface area contributed by atoms with E-state index in [0.29, 0.717) is 33.2 Å². The quantitative estimate of drug-likeness (QED) is 0.546. The number of carbonyl (C=O) groups excluding carboxylic acids is 1. The molecule has 0 bridgehead atoms. The number of hydrogen-bond acceptors (Lipinski definition) is 7. The van der Waals surface area contributed by atoms with E-state index in [2.05, 4.69) is 47.3 Å². The van der Waals surface area contributed by atoms with Crippen molar-refractivity contribution in [3.63, 3.8) is 0 Å². The Morgan fingerprint density at radius 3 is 3.03 bits per heavy atom. The average Bonchev–Trinajstić information content (AvgIpc) is 3.43. The molecule has 30 heavy (non-hydrogen) atoms. The van der Waals surface area contributed by atoms with Crippen molar-refractivity contribution in [2.24, 2.45) is 11.3 Å². The van der Waals surface area contributed by atoms with E-state index >= 15 is 0 Å². The van der Waals surface area contributed by atoms with Crippen LogP contribution in [0.3, 0.4) is 0 Å². The third-order valence-electron chi connectivity index (χ3n) is 5.41. The monoisotopic (exact) mass is 441 g/mol. The zero-order valence-corrected chi connectivity index (χ0v) is 18.7. The highest BCUT2D eigenvalue weighted by atomic mass is 32.2. The number of rotatable bonds is 5. The molecular weight excluding hydrogens is 418 g/mol. The van der Waals surface area contributed by atoms with Crippen LogP contribution in [-0.2, 0) is 17.6 Å². The number of carbonyl (C=O) groups is 1. The van der Waals surface area contributed by atoms with Crippen molar-refractivity contribution in [3.8, 4) is 17.7 Å². The first-order chi connectivity index (χ1) is 14.3. The Morgan fingerprint density at radius 1 is 1.50 bits per heavy atom. The summed E-state index contributed by atoms with van der Waals surface area (Å²) in [5, 5.41) is 20.6. The minimum Gasteiger partial charge on any atom is -0.461 e. The van der Waals surface area contributed by atoms with Gasteiger partial charge in [-0.3, -0.25) is 9.89 Å². The Morgan fingerprint density at radius 2 is 2.33 bits per heavy atom. The van der Waals surface area contributed by atoms with Crippen LogP contribution in [0, 0.1) is 22.7 Å². The molecule has 1 aliphatic carbocycles. The lowest BCUT2D eigenvalue weighted by atomic mass is 9.72. The summed E-state index contributed by atoms with van der Waals surface area (Å²) in [6.07, 6.45) is 4.51. The van der Waals surface area contributed by atoms with Gasteiger partial charge in [-0.2, -0.15) is 10.2 Å². The number of nitrogens with zero attached hydrogens (tertiary/aromatic N) is 3. The van der Waals surface area contributed by atoms with Crippen molar-refractivity contribution in [1.82, 2.24) is 15.2 Å². The first kappa shape index (κ1) is 20.7.